The van der Waals surface area contributed by atoms with E-state index >= 15 is 0 Å². The summed E-state index contributed by atoms with van der Waals surface area (Å²) < 4.78 is 15.7. The Kier molecular flexibility index (Phi) is 4.54. The van der Waals surface area contributed by atoms with Crippen molar-refractivity contribution >= 4 is 0 Å². The van der Waals surface area contributed by atoms with Gasteiger partial charge in [0.25, 0.3) is 0 Å². The highest BCUT2D eigenvalue weighted by atomic mass is 16.5. The molecule has 0 aliphatic heterocycles. The predicted octanol–water partition coefficient (Wildman–Crippen LogP) is 2.66. The van der Waals surface area contributed by atoms with Crippen molar-refractivity contribution in [3.05, 3.63) is 30.9 Å². The predicted molar refractivity (Wildman–Crippen MR) is 59.9 cm³/mol. The summed E-state index contributed by atoms with van der Waals surface area (Å²) in [4.78, 5) is 0. The van der Waals surface area contributed by atoms with E-state index in [-0.39, 0.29) is 0 Å². The summed E-state index contributed by atoms with van der Waals surface area (Å²) in [5.41, 5.74) is 0. The summed E-state index contributed by atoms with van der Waals surface area (Å²) in [7, 11) is 3.23. The van der Waals surface area contributed by atoms with Gasteiger partial charge < -0.3 is 14.2 Å². The van der Waals surface area contributed by atoms with Crippen molar-refractivity contribution in [2.45, 2.75) is 6.42 Å². The van der Waals surface area contributed by atoms with Crippen LogP contribution in [0.1, 0.15) is 6.42 Å². The zero-order chi connectivity index (χ0) is 11.1. The Balaban J connectivity index is 2.72. The Morgan fingerprint density at radius 1 is 1.07 bits per heavy atom. The molecular formula is C12H16O3. The molecular weight excluding hydrogens is 192 g/mol. The van der Waals surface area contributed by atoms with E-state index in [1.165, 1.54) is 0 Å². The van der Waals surface area contributed by atoms with E-state index in [1.807, 2.05) is 18.2 Å². The molecule has 82 valence electrons. The molecule has 0 bridgehead atoms. The first-order valence-corrected chi connectivity index (χ1v) is 4.77. The lowest BCUT2D eigenvalue weighted by Crippen LogP contribution is -1.96. The smallest absolute Gasteiger partial charge is 0.126 e. The molecule has 0 saturated carbocycles. The SMILES string of the molecule is C=CCCOc1cc(OC)cc(OC)c1. The molecule has 0 N–H and O–H groups in total. The zero-order valence-electron chi connectivity index (χ0n) is 9.16. The van der Waals surface area contributed by atoms with Crippen molar-refractivity contribution < 1.29 is 14.2 Å². The van der Waals surface area contributed by atoms with E-state index in [2.05, 4.69) is 6.58 Å². The highest BCUT2D eigenvalue weighted by Crippen LogP contribution is 2.27. The number of methoxy groups -OCH3 is 2. The molecule has 0 atom stereocenters. The zero-order valence-corrected chi connectivity index (χ0v) is 9.16. The third-order valence-corrected chi connectivity index (χ3v) is 1.92. The maximum absolute atomic E-state index is 5.50. The van der Waals surface area contributed by atoms with E-state index in [0.717, 1.165) is 23.7 Å². The number of hydrogen-bond donors (Lipinski definition) is 0. The summed E-state index contributed by atoms with van der Waals surface area (Å²) in [5.74, 6) is 2.19. The first-order chi connectivity index (χ1) is 7.30. The maximum Gasteiger partial charge on any atom is 0.126 e. The molecule has 1 aromatic rings. The molecule has 0 heterocycles. The minimum absolute atomic E-state index is 0.611. The highest BCUT2D eigenvalue weighted by molar-refractivity contribution is 5.41. The highest BCUT2D eigenvalue weighted by Gasteiger charge is 2.01. The van der Waals surface area contributed by atoms with Gasteiger partial charge in [0.2, 0.25) is 0 Å². The van der Waals surface area contributed by atoms with Crippen LogP contribution in [0.4, 0.5) is 0 Å². The van der Waals surface area contributed by atoms with Crippen LogP contribution >= 0.6 is 0 Å². The maximum atomic E-state index is 5.50. The third-order valence-electron chi connectivity index (χ3n) is 1.92. The van der Waals surface area contributed by atoms with Crippen molar-refractivity contribution in [1.29, 1.82) is 0 Å². The molecule has 15 heavy (non-hydrogen) atoms. The van der Waals surface area contributed by atoms with Gasteiger partial charge in [-0.15, -0.1) is 6.58 Å². The van der Waals surface area contributed by atoms with Crippen molar-refractivity contribution in [3.63, 3.8) is 0 Å². The standard InChI is InChI=1S/C12H16O3/c1-4-5-6-15-12-8-10(13-2)7-11(9-12)14-3/h4,7-9H,1,5-6H2,2-3H3. The van der Waals surface area contributed by atoms with Gasteiger partial charge in [0, 0.05) is 18.2 Å². The Morgan fingerprint density at radius 2 is 1.60 bits per heavy atom. The fraction of sp³-hybridized carbons (Fsp3) is 0.333. The van der Waals surface area contributed by atoms with Crippen LogP contribution in [-0.2, 0) is 0 Å². The fourth-order valence-electron chi connectivity index (χ4n) is 1.12. The second-order valence-corrected chi connectivity index (χ2v) is 2.97. The van der Waals surface area contributed by atoms with E-state index in [9.17, 15) is 0 Å². The van der Waals surface area contributed by atoms with Gasteiger partial charge in [0.05, 0.1) is 20.8 Å². The molecule has 3 heteroatoms. The van der Waals surface area contributed by atoms with Crippen molar-refractivity contribution in [3.8, 4) is 17.2 Å². The molecule has 3 nitrogen and oxygen atoms in total. The summed E-state index contributed by atoms with van der Waals surface area (Å²) in [6.45, 7) is 4.24. The first kappa shape index (κ1) is 11.4. The van der Waals surface area contributed by atoms with E-state index in [0.29, 0.717) is 6.61 Å². The van der Waals surface area contributed by atoms with Gasteiger partial charge in [0.1, 0.15) is 17.2 Å². The van der Waals surface area contributed by atoms with E-state index < -0.39 is 0 Å². The normalized spacial score (nSPS) is 9.47. The van der Waals surface area contributed by atoms with Crippen LogP contribution in [-0.4, -0.2) is 20.8 Å². The monoisotopic (exact) mass is 208 g/mol. The largest absolute Gasteiger partial charge is 0.496 e. The lowest BCUT2D eigenvalue weighted by Gasteiger charge is -2.09. The van der Waals surface area contributed by atoms with Gasteiger partial charge >= 0.3 is 0 Å². The van der Waals surface area contributed by atoms with Gasteiger partial charge in [-0.2, -0.15) is 0 Å². The molecule has 1 aromatic carbocycles. The van der Waals surface area contributed by atoms with Crippen molar-refractivity contribution in [2.24, 2.45) is 0 Å². The van der Waals surface area contributed by atoms with Crippen molar-refractivity contribution in [1.82, 2.24) is 0 Å². The van der Waals surface area contributed by atoms with Crippen LogP contribution in [0.5, 0.6) is 17.2 Å². The Morgan fingerprint density at radius 3 is 2.07 bits per heavy atom. The topological polar surface area (TPSA) is 27.7 Å². The number of hydrogen-bond acceptors (Lipinski definition) is 3. The molecule has 0 spiro atoms. The van der Waals surface area contributed by atoms with Crippen LogP contribution in [0.25, 0.3) is 0 Å². The minimum Gasteiger partial charge on any atom is -0.496 e. The summed E-state index contributed by atoms with van der Waals surface area (Å²) in [5, 5.41) is 0. The van der Waals surface area contributed by atoms with Crippen LogP contribution < -0.4 is 14.2 Å². The van der Waals surface area contributed by atoms with Crippen LogP contribution in [0.2, 0.25) is 0 Å². The second kappa shape index (κ2) is 5.96. The average Bonchev–Trinajstić information content (AvgIpc) is 2.29. The Bertz CT molecular complexity index is 298. The van der Waals surface area contributed by atoms with Crippen LogP contribution in [0.15, 0.2) is 30.9 Å². The molecule has 0 unspecified atom stereocenters. The number of benzene rings is 1. The van der Waals surface area contributed by atoms with Crippen molar-refractivity contribution in [2.75, 3.05) is 20.8 Å². The summed E-state index contributed by atoms with van der Waals surface area (Å²) in [6.07, 6.45) is 2.64. The van der Waals surface area contributed by atoms with Gasteiger partial charge in [-0.25, -0.2) is 0 Å². The Labute approximate surface area is 90.3 Å². The first-order valence-electron chi connectivity index (χ1n) is 4.77. The van der Waals surface area contributed by atoms with Gasteiger partial charge in [-0.05, 0) is 6.42 Å². The Hall–Kier alpha value is -1.64. The lowest BCUT2D eigenvalue weighted by atomic mass is 10.3. The van der Waals surface area contributed by atoms with Gasteiger partial charge in [0.15, 0.2) is 0 Å². The summed E-state index contributed by atoms with van der Waals surface area (Å²) >= 11 is 0. The van der Waals surface area contributed by atoms with E-state index in [4.69, 9.17) is 14.2 Å². The molecule has 0 amide bonds. The number of rotatable bonds is 6. The van der Waals surface area contributed by atoms with Crippen LogP contribution in [0, 0.1) is 0 Å². The van der Waals surface area contributed by atoms with Gasteiger partial charge in [-0.3, -0.25) is 0 Å². The second-order valence-electron chi connectivity index (χ2n) is 2.97. The number of ether oxygens (including phenoxy) is 3. The molecule has 0 saturated heterocycles. The van der Waals surface area contributed by atoms with E-state index in [1.54, 1.807) is 20.3 Å². The fourth-order valence-corrected chi connectivity index (χ4v) is 1.12. The molecule has 0 aromatic heterocycles. The molecule has 0 fully saturated rings. The molecule has 0 aliphatic carbocycles. The molecule has 0 aliphatic rings. The molecule has 0 radical (unpaired) electrons. The minimum atomic E-state index is 0.611. The average molecular weight is 208 g/mol. The molecule has 1 rings (SSSR count). The quantitative estimate of drug-likeness (QED) is 0.531. The summed E-state index contributed by atoms with van der Waals surface area (Å²) in [6, 6.07) is 5.46. The lowest BCUT2D eigenvalue weighted by molar-refractivity contribution is 0.317. The third kappa shape index (κ3) is 3.54. The van der Waals surface area contributed by atoms with Crippen LogP contribution in [0.3, 0.4) is 0 Å². The van der Waals surface area contributed by atoms with Gasteiger partial charge in [-0.1, -0.05) is 6.08 Å².